The minimum Gasteiger partial charge on any atom is -0.308 e. The Morgan fingerprint density at radius 1 is 1.33 bits per heavy atom. The second kappa shape index (κ2) is 4.45. The Kier molecular flexibility index (Phi) is 3.22. The van der Waals surface area contributed by atoms with Crippen molar-refractivity contribution >= 4 is 10.8 Å². The van der Waals surface area contributed by atoms with Gasteiger partial charge in [0.2, 0.25) is 0 Å². The van der Waals surface area contributed by atoms with Crippen LogP contribution in [-0.4, -0.2) is 22.3 Å². The molecule has 0 amide bonds. The predicted octanol–water partition coefficient (Wildman–Crippen LogP) is 1.70. The van der Waals surface area contributed by atoms with Crippen LogP contribution < -0.4 is 5.32 Å². The van der Waals surface area contributed by atoms with E-state index in [-0.39, 0.29) is 6.04 Å². The van der Waals surface area contributed by atoms with E-state index in [0.29, 0.717) is 0 Å². The maximum absolute atomic E-state index is 11.5. The largest absolute Gasteiger partial charge is 0.308 e. The van der Waals surface area contributed by atoms with Gasteiger partial charge in [-0.3, -0.25) is 4.21 Å². The quantitative estimate of drug-likeness (QED) is 0.785. The summed E-state index contributed by atoms with van der Waals surface area (Å²) in [7, 11) is -0.645. The molecule has 2 rings (SSSR count). The highest BCUT2D eigenvalue weighted by Gasteiger charge is 2.19. The molecule has 0 saturated carbocycles. The van der Waals surface area contributed by atoms with Gasteiger partial charge in [-0.25, -0.2) is 0 Å². The summed E-state index contributed by atoms with van der Waals surface area (Å²) >= 11 is 0. The zero-order valence-corrected chi connectivity index (χ0v) is 10.1. The normalized spacial score (nSPS) is 26.5. The third-order valence-electron chi connectivity index (χ3n) is 3.01. The van der Waals surface area contributed by atoms with Gasteiger partial charge in [0.1, 0.15) is 0 Å². The summed E-state index contributed by atoms with van der Waals surface area (Å²) in [4.78, 5) is 0. The monoisotopic (exact) mass is 223 g/mol. The first-order valence-corrected chi connectivity index (χ1v) is 6.81. The van der Waals surface area contributed by atoms with Crippen molar-refractivity contribution in [3.05, 3.63) is 34.9 Å². The molecule has 2 nitrogen and oxygen atoms in total. The molecule has 0 aromatic heterocycles. The topological polar surface area (TPSA) is 29.1 Å². The lowest BCUT2D eigenvalue weighted by Gasteiger charge is -2.24. The second-order valence-corrected chi connectivity index (χ2v) is 5.78. The van der Waals surface area contributed by atoms with Crippen LogP contribution in [0.1, 0.15) is 22.7 Å². The van der Waals surface area contributed by atoms with Gasteiger partial charge in [-0.05, 0) is 30.5 Å². The predicted molar refractivity (Wildman–Crippen MR) is 64.5 cm³/mol. The molecule has 1 aliphatic rings. The molecule has 82 valence electrons. The lowest BCUT2D eigenvalue weighted by molar-refractivity contribution is 0.572. The molecule has 1 heterocycles. The van der Waals surface area contributed by atoms with Crippen molar-refractivity contribution in [2.24, 2.45) is 0 Å². The van der Waals surface area contributed by atoms with E-state index in [9.17, 15) is 4.21 Å². The summed E-state index contributed by atoms with van der Waals surface area (Å²) in [5, 5.41) is 3.42. The van der Waals surface area contributed by atoms with Gasteiger partial charge in [0.25, 0.3) is 0 Å². The number of nitrogens with one attached hydrogen (secondary N) is 1. The van der Waals surface area contributed by atoms with E-state index in [2.05, 4.69) is 37.4 Å². The van der Waals surface area contributed by atoms with Crippen LogP contribution in [0.2, 0.25) is 0 Å². The first-order valence-electron chi connectivity index (χ1n) is 5.32. The van der Waals surface area contributed by atoms with Crippen molar-refractivity contribution in [3.63, 3.8) is 0 Å². The Hall–Kier alpha value is -0.670. The van der Waals surface area contributed by atoms with Crippen LogP contribution in [-0.2, 0) is 10.8 Å². The van der Waals surface area contributed by atoms with Gasteiger partial charge in [-0.15, -0.1) is 0 Å². The third-order valence-corrected chi connectivity index (χ3v) is 4.37. The van der Waals surface area contributed by atoms with Crippen molar-refractivity contribution in [2.75, 3.05) is 18.1 Å². The molecule has 3 heteroatoms. The van der Waals surface area contributed by atoms with Crippen molar-refractivity contribution in [1.29, 1.82) is 0 Å². The molecule has 1 fully saturated rings. The SMILES string of the molecule is Cc1ccc(C2CS(=O)CCN2)cc1C. The maximum Gasteiger partial charge on any atom is 0.0437 e. The number of hydrogen-bond donors (Lipinski definition) is 1. The molecule has 0 spiro atoms. The third kappa shape index (κ3) is 2.47. The zero-order valence-electron chi connectivity index (χ0n) is 9.25. The summed E-state index contributed by atoms with van der Waals surface area (Å²) in [5.74, 6) is 1.55. The highest BCUT2D eigenvalue weighted by atomic mass is 32.2. The zero-order chi connectivity index (χ0) is 10.8. The van der Waals surface area contributed by atoms with Crippen LogP contribution in [0.3, 0.4) is 0 Å². The van der Waals surface area contributed by atoms with Crippen LogP contribution in [0.15, 0.2) is 18.2 Å². The van der Waals surface area contributed by atoms with Gasteiger partial charge in [0, 0.05) is 34.9 Å². The summed E-state index contributed by atoms with van der Waals surface area (Å²) in [6, 6.07) is 6.76. The van der Waals surface area contributed by atoms with Crippen LogP contribution in [0.25, 0.3) is 0 Å². The van der Waals surface area contributed by atoms with Crippen molar-refractivity contribution in [2.45, 2.75) is 19.9 Å². The van der Waals surface area contributed by atoms with E-state index in [1.165, 1.54) is 16.7 Å². The molecule has 1 N–H and O–H groups in total. The fourth-order valence-electron chi connectivity index (χ4n) is 1.87. The molecule has 0 bridgehead atoms. The molecule has 2 unspecified atom stereocenters. The Morgan fingerprint density at radius 2 is 2.13 bits per heavy atom. The van der Waals surface area contributed by atoms with Gasteiger partial charge in [-0.1, -0.05) is 18.2 Å². The van der Waals surface area contributed by atoms with Crippen LogP contribution >= 0.6 is 0 Å². The summed E-state index contributed by atoms with van der Waals surface area (Å²) in [6.45, 7) is 5.11. The molecular weight excluding hydrogens is 206 g/mol. The summed E-state index contributed by atoms with van der Waals surface area (Å²) in [5.41, 5.74) is 3.90. The fraction of sp³-hybridized carbons (Fsp3) is 0.500. The Balaban J connectivity index is 2.21. The van der Waals surface area contributed by atoms with Gasteiger partial charge < -0.3 is 5.32 Å². The van der Waals surface area contributed by atoms with E-state index in [1.54, 1.807) is 0 Å². The standard InChI is InChI=1S/C12H17NOS/c1-9-3-4-11(7-10(9)2)12-8-15(14)6-5-13-12/h3-4,7,12-13H,5-6,8H2,1-2H3. The van der Waals surface area contributed by atoms with E-state index in [4.69, 9.17) is 0 Å². The van der Waals surface area contributed by atoms with E-state index >= 15 is 0 Å². The number of hydrogen-bond acceptors (Lipinski definition) is 2. The smallest absolute Gasteiger partial charge is 0.0437 e. The Labute approximate surface area is 93.5 Å². The summed E-state index contributed by atoms with van der Waals surface area (Å²) in [6.07, 6.45) is 0. The molecule has 15 heavy (non-hydrogen) atoms. The molecule has 1 aromatic rings. The van der Waals surface area contributed by atoms with Crippen molar-refractivity contribution in [3.8, 4) is 0 Å². The second-order valence-electron chi connectivity index (χ2n) is 4.16. The van der Waals surface area contributed by atoms with Crippen LogP contribution in [0.4, 0.5) is 0 Å². The summed E-state index contributed by atoms with van der Waals surface area (Å²) < 4.78 is 11.5. The molecular formula is C12H17NOS. The average Bonchev–Trinajstić information content (AvgIpc) is 2.22. The number of aryl methyl sites for hydroxylation is 2. The molecule has 0 radical (unpaired) electrons. The highest BCUT2D eigenvalue weighted by molar-refractivity contribution is 7.85. The van der Waals surface area contributed by atoms with Crippen molar-refractivity contribution in [1.82, 2.24) is 5.32 Å². The van der Waals surface area contributed by atoms with E-state index < -0.39 is 10.8 Å². The van der Waals surface area contributed by atoms with E-state index in [0.717, 1.165) is 18.1 Å². The first kappa shape index (κ1) is 10.8. The highest BCUT2D eigenvalue weighted by Crippen LogP contribution is 2.19. The van der Waals surface area contributed by atoms with Gasteiger partial charge in [0.15, 0.2) is 0 Å². The van der Waals surface area contributed by atoms with Crippen LogP contribution in [0, 0.1) is 13.8 Å². The fourth-order valence-corrected chi connectivity index (χ4v) is 3.06. The first-order chi connectivity index (χ1) is 7.16. The Bertz CT molecular complexity index is 389. The minimum absolute atomic E-state index is 0.277. The van der Waals surface area contributed by atoms with Gasteiger partial charge in [-0.2, -0.15) is 0 Å². The van der Waals surface area contributed by atoms with Gasteiger partial charge in [0.05, 0.1) is 0 Å². The molecule has 1 saturated heterocycles. The lowest BCUT2D eigenvalue weighted by Crippen LogP contribution is -2.36. The molecule has 2 atom stereocenters. The maximum atomic E-state index is 11.5. The van der Waals surface area contributed by atoms with E-state index in [1.807, 2.05) is 0 Å². The number of rotatable bonds is 1. The minimum atomic E-state index is -0.645. The van der Waals surface area contributed by atoms with Crippen molar-refractivity contribution < 1.29 is 4.21 Å². The molecule has 1 aliphatic heterocycles. The Morgan fingerprint density at radius 3 is 2.80 bits per heavy atom. The average molecular weight is 223 g/mol. The van der Waals surface area contributed by atoms with Crippen LogP contribution in [0.5, 0.6) is 0 Å². The lowest BCUT2D eigenvalue weighted by atomic mass is 10.0. The number of benzene rings is 1. The molecule has 1 aromatic carbocycles. The molecule has 0 aliphatic carbocycles. The van der Waals surface area contributed by atoms with Gasteiger partial charge >= 0.3 is 0 Å².